The van der Waals surface area contributed by atoms with Gasteiger partial charge < -0.3 is 10.2 Å². The molecule has 6 heteroatoms. The molecule has 66 valence electrons. The van der Waals surface area contributed by atoms with Crippen LogP contribution in [0.5, 0.6) is 0 Å². The summed E-state index contributed by atoms with van der Waals surface area (Å²) in [5.41, 5.74) is 0. The van der Waals surface area contributed by atoms with E-state index in [0.717, 1.165) is 6.08 Å². The van der Waals surface area contributed by atoms with Crippen LogP contribution < -0.4 is 0 Å². The highest BCUT2D eigenvalue weighted by Crippen LogP contribution is 2.04. The summed E-state index contributed by atoms with van der Waals surface area (Å²) in [5.74, 6) is -3.37. The fraction of sp³-hybridized carbons (Fsp3) is 0.167. The summed E-state index contributed by atoms with van der Waals surface area (Å²) in [7, 11) is 0. The van der Waals surface area contributed by atoms with E-state index in [1.165, 1.54) is 0 Å². The predicted octanol–water partition coefficient (Wildman–Crippen LogP) is 0.394. The van der Waals surface area contributed by atoms with Crippen molar-refractivity contribution in [2.45, 2.75) is 6.42 Å². The first-order chi connectivity index (χ1) is 5.43. The van der Waals surface area contributed by atoms with Crippen molar-refractivity contribution in [3.63, 3.8) is 0 Å². The molecule has 0 radical (unpaired) electrons. The van der Waals surface area contributed by atoms with Crippen LogP contribution in [-0.2, 0) is 14.4 Å². The lowest BCUT2D eigenvalue weighted by molar-refractivity contribution is -0.139. The van der Waals surface area contributed by atoms with E-state index in [0.29, 0.717) is 0 Å². The van der Waals surface area contributed by atoms with Crippen molar-refractivity contribution in [1.29, 1.82) is 0 Å². The molecule has 0 fully saturated rings. The van der Waals surface area contributed by atoms with Gasteiger partial charge in [0.1, 0.15) is 10.9 Å². The highest BCUT2D eigenvalue weighted by atomic mass is 79.9. The van der Waals surface area contributed by atoms with Crippen LogP contribution in [-0.4, -0.2) is 27.9 Å². The average Bonchev–Trinajstić information content (AvgIpc) is 1.84. The van der Waals surface area contributed by atoms with E-state index >= 15 is 0 Å². The van der Waals surface area contributed by atoms with Crippen molar-refractivity contribution in [2.75, 3.05) is 0 Å². The van der Waals surface area contributed by atoms with Gasteiger partial charge in [0.15, 0.2) is 5.78 Å². The third-order valence-electron chi connectivity index (χ3n) is 0.817. The van der Waals surface area contributed by atoms with Crippen LogP contribution in [0.4, 0.5) is 0 Å². The van der Waals surface area contributed by atoms with Gasteiger partial charge in [-0.05, 0) is 15.9 Å². The van der Waals surface area contributed by atoms with Crippen LogP contribution in [0.25, 0.3) is 0 Å². The van der Waals surface area contributed by atoms with Gasteiger partial charge in [0.2, 0.25) is 0 Å². The first-order valence-corrected chi connectivity index (χ1v) is 3.58. The third-order valence-corrected chi connectivity index (χ3v) is 1.39. The Hall–Kier alpha value is -1.17. The van der Waals surface area contributed by atoms with Crippen LogP contribution in [0.15, 0.2) is 10.6 Å². The number of hydrogen-bond acceptors (Lipinski definition) is 3. The number of aliphatic carboxylic acids is 2. The number of carboxylic acid groups (broad SMARTS) is 2. The Labute approximate surface area is 75.8 Å². The Bertz CT molecular complexity index is 255. The summed E-state index contributed by atoms with van der Waals surface area (Å²) in [6.07, 6.45) is 0.0127. The lowest BCUT2D eigenvalue weighted by Crippen LogP contribution is -2.05. The highest BCUT2D eigenvalue weighted by molar-refractivity contribution is 9.12. The standard InChI is InChI=1S/C6H5BrO5/c7-4(6(11)12)1-3(8)2-5(9)10/h1H,2H2,(H,9,10)(H,11,12)/b4-1-. The van der Waals surface area contributed by atoms with Crippen molar-refractivity contribution >= 4 is 33.7 Å². The number of halogens is 1. The van der Waals surface area contributed by atoms with Crippen LogP contribution in [0, 0.1) is 0 Å². The van der Waals surface area contributed by atoms with E-state index in [1.807, 2.05) is 0 Å². The summed E-state index contributed by atoms with van der Waals surface area (Å²) >= 11 is 2.58. The molecule has 0 spiro atoms. The molecule has 0 amide bonds. The van der Waals surface area contributed by atoms with E-state index < -0.39 is 24.1 Å². The Morgan fingerprint density at radius 3 is 2.08 bits per heavy atom. The van der Waals surface area contributed by atoms with Gasteiger partial charge >= 0.3 is 11.9 Å². The van der Waals surface area contributed by atoms with Gasteiger partial charge in [-0.2, -0.15) is 0 Å². The molecule has 0 saturated carbocycles. The number of carboxylic acids is 2. The first kappa shape index (κ1) is 10.8. The zero-order valence-electron chi connectivity index (χ0n) is 5.78. The number of carbonyl (C=O) groups excluding carboxylic acids is 1. The minimum absolute atomic E-state index is 0.353. The SMILES string of the molecule is O=C(O)CC(=O)/C=C(\Br)C(=O)O. The van der Waals surface area contributed by atoms with Gasteiger partial charge in [0.05, 0.1) is 0 Å². The Balaban J connectivity index is 4.24. The fourth-order valence-electron chi connectivity index (χ4n) is 0.403. The monoisotopic (exact) mass is 236 g/mol. The molecule has 0 atom stereocenters. The molecule has 0 aliphatic heterocycles. The highest BCUT2D eigenvalue weighted by Gasteiger charge is 2.08. The molecule has 12 heavy (non-hydrogen) atoms. The third kappa shape index (κ3) is 4.62. The van der Waals surface area contributed by atoms with Crippen molar-refractivity contribution in [3.05, 3.63) is 10.6 Å². The second-order valence-corrected chi connectivity index (χ2v) is 2.69. The molecule has 0 heterocycles. The maximum Gasteiger partial charge on any atom is 0.342 e. The maximum atomic E-state index is 10.6. The molecule has 0 aliphatic rings. The van der Waals surface area contributed by atoms with Gasteiger partial charge in [-0.1, -0.05) is 0 Å². The number of ketones is 1. The van der Waals surface area contributed by atoms with E-state index in [-0.39, 0.29) is 4.48 Å². The van der Waals surface area contributed by atoms with Gasteiger partial charge in [-0.25, -0.2) is 4.79 Å². The van der Waals surface area contributed by atoms with Crippen LogP contribution >= 0.6 is 15.9 Å². The molecule has 0 aliphatic carbocycles. The van der Waals surface area contributed by atoms with Gasteiger partial charge in [0.25, 0.3) is 0 Å². The topological polar surface area (TPSA) is 91.7 Å². The van der Waals surface area contributed by atoms with Crippen molar-refractivity contribution < 1.29 is 24.6 Å². The number of allylic oxidation sites excluding steroid dienone is 1. The van der Waals surface area contributed by atoms with E-state index in [2.05, 4.69) is 15.9 Å². The lowest BCUT2D eigenvalue weighted by atomic mass is 10.2. The van der Waals surface area contributed by atoms with Crippen LogP contribution in [0.3, 0.4) is 0 Å². The second-order valence-electron chi connectivity index (χ2n) is 1.83. The summed E-state index contributed by atoms with van der Waals surface area (Å²) in [6.45, 7) is 0. The van der Waals surface area contributed by atoms with Gasteiger partial charge in [0, 0.05) is 6.08 Å². The van der Waals surface area contributed by atoms with E-state index in [9.17, 15) is 14.4 Å². The largest absolute Gasteiger partial charge is 0.481 e. The Morgan fingerprint density at radius 1 is 1.25 bits per heavy atom. The van der Waals surface area contributed by atoms with E-state index in [1.54, 1.807) is 0 Å². The van der Waals surface area contributed by atoms with E-state index in [4.69, 9.17) is 10.2 Å². The van der Waals surface area contributed by atoms with Crippen molar-refractivity contribution in [3.8, 4) is 0 Å². The molecule has 5 nitrogen and oxygen atoms in total. The number of carbonyl (C=O) groups is 3. The zero-order chi connectivity index (χ0) is 9.72. The molecule has 0 aromatic carbocycles. The second kappa shape index (κ2) is 4.66. The first-order valence-electron chi connectivity index (χ1n) is 2.78. The minimum atomic E-state index is -1.31. The van der Waals surface area contributed by atoms with Crippen molar-refractivity contribution in [2.24, 2.45) is 0 Å². The molecule has 0 bridgehead atoms. The Morgan fingerprint density at radius 2 is 1.75 bits per heavy atom. The molecule has 0 rings (SSSR count). The Kier molecular flexibility index (Phi) is 4.20. The normalized spacial score (nSPS) is 10.9. The zero-order valence-corrected chi connectivity index (χ0v) is 7.37. The molecule has 0 saturated heterocycles. The molecular formula is C6H5BrO5. The number of hydrogen-bond donors (Lipinski definition) is 2. The van der Waals surface area contributed by atoms with Crippen molar-refractivity contribution in [1.82, 2.24) is 0 Å². The summed E-state index contributed by atoms with van der Waals surface area (Å²) in [4.78, 5) is 30.7. The molecule has 0 unspecified atom stereocenters. The minimum Gasteiger partial charge on any atom is -0.481 e. The summed E-state index contributed by atoms with van der Waals surface area (Å²) in [5, 5.41) is 16.4. The van der Waals surface area contributed by atoms with Gasteiger partial charge in [-0.3, -0.25) is 9.59 Å². The fourth-order valence-corrected chi connectivity index (χ4v) is 0.658. The molecule has 2 N–H and O–H groups in total. The molecule has 0 aromatic heterocycles. The predicted molar refractivity (Wildman–Crippen MR) is 41.9 cm³/mol. The van der Waals surface area contributed by atoms with Gasteiger partial charge in [-0.15, -0.1) is 0 Å². The molecule has 0 aromatic rings. The van der Waals surface area contributed by atoms with Crippen LogP contribution in [0.1, 0.15) is 6.42 Å². The summed E-state index contributed by atoms with van der Waals surface area (Å²) in [6, 6.07) is 0. The van der Waals surface area contributed by atoms with Crippen LogP contribution in [0.2, 0.25) is 0 Å². The smallest absolute Gasteiger partial charge is 0.342 e. The quantitative estimate of drug-likeness (QED) is 0.545. The average molecular weight is 237 g/mol. The maximum absolute atomic E-state index is 10.6. The summed E-state index contributed by atoms with van der Waals surface area (Å²) < 4.78 is -0.353. The molecular weight excluding hydrogens is 232 g/mol. The lowest BCUT2D eigenvalue weighted by Gasteiger charge is -1.89. The number of rotatable bonds is 4.